The van der Waals surface area contributed by atoms with E-state index in [-0.39, 0.29) is 17.7 Å². The lowest BCUT2D eigenvalue weighted by atomic mass is 9.88. The van der Waals surface area contributed by atoms with Gasteiger partial charge in [0, 0.05) is 30.6 Å². The van der Waals surface area contributed by atoms with Crippen LogP contribution in [0.2, 0.25) is 0 Å². The van der Waals surface area contributed by atoms with E-state index in [1.807, 2.05) is 6.07 Å². The van der Waals surface area contributed by atoms with Crippen molar-refractivity contribution in [2.24, 2.45) is 5.92 Å². The molecule has 0 atom stereocenters. The maximum Gasteiger partial charge on any atom is 0.254 e. The first-order chi connectivity index (χ1) is 14.0. The number of furan rings is 1. The van der Waals surface area contributed by atoms with Crippen LogP contribution in [0.5, 0.6) is 11.5 Å². The number of ether oxygens (including phenoxy) is 2. The van der Waals surface area contributed by atoms with Crippen LogP contribution in [0.1, 0.15) is 48.0 Å². The van der Waals surface area contributed by atoms with E-state index < -0.39 is 0 Å². The lowest BCUT2D eigenvalue weighted by Crippen LogP contribution is -2.27. The summed E-state index contributed by atoms with van der Waals surface area (Å²) in [5, 5.41) is 2.96. The van der Waals surface area contributed by atoms with Gasteiger partial charge in [-0.3, -0.25) is 9.59 Å². The summed E-state index contributed by atoms with van der Waals surface area (Å²) in [6, 6.07) is 5.09. The van der Waals surface area contributed by atoms with Crippen molar-refractivity contribution < 1.29 is 23.5 Å². The monoisotopic (exact) mass is 400 g/mol. The second-order valence-electron chi connectivity index (χ2n) is 7.38. The van der Waals surface area contributed by atoms with Crippen molar-refractivity contribution >= 4 is 17.5 Å². The van der Waals surface area contributed by atoms with Crippen molar-refractivity contribution in [2.45, 2.75) is 38.6 Å². The van der Waals surface area contributed by atoms with Crippen molar-refractivity contribution in [2.75, 3.05) is 26.6 Å². The van der Waals surface area contributed by atoms with E-state index in [2.05, 4.69) is 5.32 Å². The van der Waals surface area contributed by atoms with Gasteiger partial charge in [0.25, 0.3) is 5.91 Å². The Balaban J connectivity index is 1.84. The average Bonchev–Trinajstić information content (AvgIpc) is 3.26. The van der Waals surface area contributed by atoms with Crippen molar-refractivity contribution in [3.63, 3.8) is 0 Å². The molecule has 2 amide bonds. The molecule has 0 spiro atoms. The van der Waals surface area contributed by atoms with E-state index in [0.29, 0.717) is 29.3 Å². The fraction of sp³-hybridized carbons (Fsp3) is 0.455. The second kappa shape index (κ2) is 9.49. The molecule has 1 saturated carbocycles. The van der Waals surface area contributed by atoms with Gasteiger partial charge in [0.2, 0.25) is 5.91 Å². The Morgan fingerprint density at radius 2 is 1.93 bits per heavy atom. The lowest BCUT2D eigenvalue weighted by Gasteiger charge is -2.23. The van der Waals surface area contributed by atoms with Crippen LogP contribution >= 0.6 is 0 Å². The molecule has 29 heavy (non-hydrogen) atoms. The summed E-state index contributed by atoms with van der Waals surface area (Å²) in [5.41, 5.74) is 1.75. The molecule has 0 aliphatic heterocycles. The van der Waals surface area contributed by atoms with Crippen molar-refractivity contribution in [1.29, 1.82) is 0 Å². The van der Waals surface area contributed by atoms with Crippen LogP contribution in [0.3, 0.4) is 0 Å². The predicted octanol–water partition coefficient (Wildman–Crippen LogP) is 4.09. The highest BCUT2D eigenvalue weighted by Crippen LogP contribution is 2.38. The highest BCUT2D eigenvalue weighted by Gasteiger charge is 2.24. The van der Waals surface area contributed by atoms with Gasteiger partial charge in [-0.25, -0.2) is 0 Å². The second-order valence-corrected chi connectivity index (χ2v) is 7.38. The minimum absolute atomic E-state index is 0.0115. The summed E-state index contributed by atoms with van der Waals surface area (Å²) in [6.07, 6.45) is 8.26. The summed E-state index contributed by atoms with van der Waals surface area (Å²) in [6.45, 7) is 0.410. The van der Waals surface area contributed by atoms with Crippen molar-refractivity contribution in [3.05, 3.63) is 41.9 Å². The molecule has 1 aliphatic rings. The van der Waals surface area contributed by atoms with Crippen molar-refractivity contribution in [1.82, 2.24) is 4.90 Å². The molecule has 0 unspecified atom stereocenters. The first-order valence-electron chi connectivity index (χ1n) is 9.87. The van der Waals surface area contributed by atoms with Gasteiger partial charge < -0.3 is 24.1 Å². The lowest BCUT2D eigenvalue weighted by molar-refractivity contribution is -0.120. The molecule has 1 N–H and O–H groups in total. The molecule has 1 fully saturated rings. The Hall–Kier alpha value is -2.96. The van der Waals surface area contributed by atoms with E-state index in [4.69, 9.17) is 13.9 Å². The van der Waals surface area contributed by atoms with Gasteiger partial charge in [-0.2, -0.15) is 0 Å². The fourth-order valence-corrected chi connectivity index (χ4v) is 3.73. The molecule has 0 bridgehead atoms. The van der Waals surface area contributed by atoms with E-state index in [1.165, 1.54) is 20.6 Å². The summed E-state index contributed by atoms with van der Waals surface area (Å²) in [4.78, 5) is 27.3. The third-order valence-electron chi connectivity index (χ3n) is 5.31. The Bertz CT molecular complexity index is 841. The number of carbonyl (C=O) groups excluding carboxylic acids is 2. The minimum Gasteiger partial charge on any atom is -0.493 e. The van der Waals surface area contributed by atoms with Crippen LogP contribution in [0, 0.1) is 5.92 Å². The molecule has 7 heteroatoms. The fourth-order valence-electron chi connectivity index (χ4n) is 3.73. The molecule has 7 nitrogen and oxygen atoms in total. The van der Waals surface area contributed by atoms with E-state index in [1.54, 1.807) is 36.6 Å². The number of nitrogens with zero attached hydrogens (tertiary/aromatic N) is 1. The van der Waals surface area contributed by atoms with Crippen LogP contribution in [0.4, 0.5) is 5.69 Å². The molecule has 0 saturated heterocycles. The number of hydrogen-bond acceptors (Lipinski definition) is 5. The first kappa shape index (κ1) is 20.8. The molecule has 156 valence electrons. The number of anilines is 1. The molecule has 0 radical (unpaired) electrons. The topological polar surface area (TPSA) is 81.0 Å². The molecule has 1 aromatic carbocycles. The zero-order valence-electron chi connectivity index (χ0n) is 17.2. The third kappa shape index (κ3) is 4.91. The highest BCUT2D eigenvalue weighted by molar-refractivity contribution is 6.00. The summed E-state index contributed by atoms with van der Waals surface area (Å²) >= 11 is 0. The van der Waals surface area contributed by atoms with Gasteiger partial charge in [0.15, 0.2) is 11.5 Å². The molecule has 3 rings (SSSR count). The quantitative estimate of drug-likeness (QED) is 0.757. The molecular weight excluding hydrogens is 372 g/mol. The average molecular weight is 400 g/mol. The Morgan fingerprint density at radius 3 is 2.55 bits per heavy atom. The number of carbonyl (C=O) groups is 2. The van der Waals surface area contributed by atoms with Crippen molar-refractivity contribution in [3.8, 4) is 11.5 Å². The number of rotatable bonds is 7. The van der Waals surface area contributed by atoms with Gasteiger partial charge in [-0.15, -0.1) is 0 Å². The zero-order chi connectivity index (χ0) is 20.8. The van der Waals surface area contributed by atoms with Gasteiger partial charge >= 0.3 is 0 Å². The molecule has 1 aromatic heterocycles. The van der Waals surface area contributed by atoms with Gasteiger partial charge in [-0.05, 0) is 31.0 Å². The van der Waals surface area contributed by atoms with Crippen LogP contribution in [0.15, 0.2) is 35.1 Å². The normalized spacial score (nSPS) is 14.3. The summed E-state index contributed by atoms with van der Waals surface area (Å²) in [7, 11) is 4.74. The van der Waals surface area contributed by atoms with Crippen LogP contribution in [-0.4, -0.2) is 38.0 Å². The Morgan fingerprint density at radius 1 is 1.17 bits per heavy atom. The van der Waals surface area contributed by atoms with Crippen LogP contribution in [-0.2, 0) is 11.3 Å². The molecule has 2 aromatic rings. The van der Waals surface area contributed by atoms with E-state index in [9.17, 15) is 9.59 Å². The van der Waals surface area contributed by atoms with Gasteiger partial charge in [-0.1, -0.05) is 19.3 Å². The standard InChI is InChI=1S/C22H28N2O5/c1-24(13-15-9-10-29-14-15)22(26)17-11-18(20(28-3)19(12-17)27-2)23-21(25)16-7-5-4-6-8-16/h9-12,14,16H,4-8,13H2,1-3H3,(H,23,25). The number of amides is 2. The first-order valence-corrected chi connectivity index (χ1v) is 9.87. The van der Waals surface area contributed by atoms with Gasteiger partial charge in [0.1, 0.15) is 0 Å². The number of nitrogens with one attached hydrogen (secondary N) is 1. The number of methoxy groups -OCH3 is 2. The Kier molecular flexibility index (Phi) is 6.80. The summed E-state index contributed by atoms with van der Waals surface area (Å²) in [5.74, 6) is 0.559. The SMILES string of the molecule is COc1cc(C(=O)N(C)Cc2ccoc2)cc(NC(=O)C2CCCCC2)c1OC. The minimum atomic E-state index is -0.194. The molecule has 1 aliphatic carbocycles. The number of hydrogen-bond donors (Lipinski definition) is 1. The smallest absolute Gasteiger partial charge is 0.254 e. The van der Waals surface area contributed by atoms with E-state index >= 15 is 0 Å². The predicted molar refractivity (Wildman–Crippen MR) is 109 cm³/mol. The Labute approximate surface area is 171 Å². The zero-order valence-corrected chi connectivity index (χ0v) is 17.2. The maximum absolute atomic E-state index is 13.0. The molecular formula is C22H28N2O5. The molecule has 1 heterocycles. The van der Waals surface area contributed by atoms with Crippen LogP contribution in [0.25, 0.3) is 0 Å². The highest BCUT2D eigenvalue weighted by atomic mass is 16.5. The third-order valence-corrected chi connectivity index (χ3v) is 5.31. The number of benzene rings is 1. The van der Waals surface area contributed by atoms with Gasteiger partial charge in [0.05, 0.1) is 32.4 Å². The van der Waals surface area contributed by atoms with E-state index in [0.717, 1.165) is 31.2 Å². The maximum atomic E-state index is 13.0. The largest absolute Gasteiger partial charge is 0.493 e. The van der Waals surface area contributed by atoms with Crippen LogP contribution < -0.4 is 14.8 Å². The summed E-state index contributed by atoms with van der Waals surface area (Å²) < 4.78 is 15.9.